The van der Waals surface area contributed by atoms with E-state index in [0.29, 0.717) is 49.0 Å². The highest BCUT2D eigenvalue weighted by Gasteiger charge is 2.36. The van der Waals surface area contributed by atoms with Gasteiger partial charge >= 0.3 is 0 Å². The number of nitrogens with zero attached hydrogens (tertiary/aromatic N) is 1. The number of rotatable bonds is 8. The van der Waals surface area contributed by atoms with Crippen molar-refractivity contribution in [2.45, 2.75) is 19.8 Å². The summed E-state index contributed by atoms with van der Waals surface area (Å²) in [7, 11) is 1.52. The summed E-state index contributed by atoms with van der Waals surface area (Å²) < 4.78 is 5.38. The first kappa shape index (κ1) is 29.1. The number of nitrogens with one attached hydrogen (secondary N) is 3. The van der Waals surface area contributed by atoms with E-state index in [4.69, 9.17) is 27.9 Å². The first-order chi connectivity index (χ1) is 19.2. The van der Waals surface area contributed by atoms with Gasteiger partial charge in [-0.05, 0) is 55.3 Å². The summed E-state index contributed by atoms with van der Waals surface area (Å²) >= 11 is 13.9. The van der Waals surface area contributed by atoms with Crippen LogP contribution in [-0.4, -0.2) is 24.7 Å². The third-order valence-electron chi connectivity index (χ3n) is 6.35. The van der Waals surface area contributed by atoms with E-state index in [0.717, 1.165) is 5.56 Å². The molecule has 1 aliphatic heterocycles. The predicted molar refractivity (Wildman–Crippen MR) is 162 cm³/mol. The Morgan fingerprint density at radius 1 is 0.975 bits per heavy atom. The molecular formula is C30H26Cl2N4O3S. The van der Waals surface area contributed by atoms with Gasteiger partial charge in [0.05, 0.1) is 41.1 Å². The van der Waals surface area contributed by atoms with Crippen molar-refractivity contribution in [1.29, 1.82) is 5.26 Å². The van der Waals surface area contributed by atoms with Gasteiger partial charge in [0.1, 0.15) is 5.75 Å². The minimum absolute atomic E-state index is 0.0186. The number of benzene rings is 3. The number of ether oxygens (including phenoxy) is 1. The molecule has 0 radical (unpaired) electrons. The average molecular weight is 594 g/mol. The van der Waals surface area contributed by atoms with Crippen molar-refractivity contribution in [3.63, 3.8) is 0 Å². The predicted octanol–water partition coefficient (Wildman–Crippen LogP) is 7.02. The van der Waals surface area contributed by atoms with E-state index in [2.05, 4.69) is 22.0 Å². The second-order valence-corrected chi connectivity index (χ2v) is 10.7. The maximum absolute atomic E-state index is 13.7. The van der Waals surface area contributed by atoms with Crippen LogP contribution in [0.5, 0.6) is 5.75 Å². The molecule has 0 fully saturated rings. The number of amides is 2. The van der Waals surface area contributed by atoms with Crippen molar-refractivity contribution in [2.24, 2.45) is 0 Å². The van der Waals surface area contributed by atoms with Gasteiger partial charge in [-0.2, -0.15) is 5.26 Å². The number of allylic oxidation sites excluding steroid dienone is 2. The molecule has 0 aromatic heterocycles. The Bertz CT molecular complexity index is 1580. The van der Waals surface area contributed by atoms with E-state index in [1.807, 2.05) is 6.92 Å². The summed E-state index contributed by atoms with van der Waals surface area (Å²) in [6, 6.07) is 21.7. The number of hydrogen-bond donors (Lipinski definition) is 3. The van der Waals surface area contributed by atoms with Crippen LogP contribution in [0.4, 0.5) is 11.4 Å². The van der Waals surface area contributed by atoms with Crippen molar-refractivity contribution in [1.82, 2.24) is 5.32 Å². The van der Waals surface area contributed by atoms with Crippen molar-refractivity contribution >= 4 is 58.2 Å². The SMILES string of the molecule is COc1ccccc1NC(=O)C1=C(C)NC(SCC(=O)Nc2cccc(Cl)c2C)=C(C#N)C1c1ccccc1Cl. The lowest BCUT2D eigenvalue weighted by atomic mass is 9.82. The van der Waals surface area contributed by atoms with Gasteiger partial charge in [0.2, 0.25) is 5.91 Å². The monoisotopic (exact) mass is 592 g/mol. The molecule has 1 unspecified atom stereocenters. The smallest absolute Gasteiger partial charge is 0.254 e. The zero-order valence-corrected chi connectivity index (χ0v) is 24.3. The van der Waals surface area contributed by atoms with Crippen molar-refractivity contribution < 1.29 is 14.3 Å². The fourth-order valence-electron chi connectivity index (χ4n) is 4.35. The Kier molecular flexibility index (Phi) is 9.43. The highest BCUT2D eigenvalue weighted by atomic mass is 35.5. The summed E-state index contributed by atoms with van der Waals surface area (Å²) in [5.41, 5.74) is 3.61. The van der Waals surface area contributed by atoms with Crippen LogP contribution < -0.4 is 20.7 Å². The van der Waals surface area contributed by atoms with Crippen LogP contribution in [0.2, 0.25) is 10.0 Å². The number of carbonyl (C=O) groups is 2. The first-order valence-electron chi connectivity index (χ1n) is 12.2. The van der Waals surface area contributed by atoms with Crippen LogP contribution >= 0.6 is 35.0 Å². The van der Waals surface area contributed by atoms with Crippen molar-refractivity contribution in [3.05, 3.63) is 110 Å². The Balaban J connectivity index is 1.66. The fraction of sp³-hybridized carbons (Fsp3) is 0.167. The van der Waals surface area contributed by atoms with Crippen LogP contribution in [-0.2, 0) is 9.59 Å². The molecule has 3 aromatic carbocycles. The molecule has 4 rings (SSSR count). The molecule has 7 nitrogen and oxygen atoms in total. The number of dihydropyridines is 1. The van der Waals surface area contributed by atoms with Gasteiger partial charge in [-0.3, -0.25) is 9.59 Å². The van der Waals surface area contributed by atoms with E-state index in [9.17, 15) is 14.9 Å². The maximum atomic E-state index is 13.7. The van der Waals surface area contributed by atoms with Gasteiger partial charge in [0.25, 0.3) is 5.91 Å². The van der Waals surface area contributed by atoms with E-state index < -0.39 is 11.8 Å². The summed E-state index contributed by atoms with van der Waals surface area (Å²) in [6.45, 7) is 3.58. The van der Waals surface area contributed by atoms with Crippen molar-refractivity contribution in [2.75, 3.05) is 23.5 Å². The second kappa shape index (κ2) is 13.0. The lowest BCUT2D eigenvalue weighted by Crippen LogP contribution is -2.31. The zero-order chi connectivity index (χ0) is 28.8. The highest BCUT2D eigenvalue weighted by molar-refractivity contribution is 8.03. The standard InChI is InChI=1S/C30H26Cl2N4O3S/c1-17-21(31)11-8-13-23(17)35-26(37)16-40-30-20(15-33)28(19-9-4-5-10-22(19)32)27(18(2)34-30)29(38)36-24-12-6-7-14-25(24)39-3/h4-14,28,34H,16H2,1-3H3,(H,35,37)(H,36,38). The van der Waals surface area contributed by atoms with Gasteiger partial charge in [0, 0.05) is 27.0 Å². The molecule has 10 heteroatoms. The minimum atomic E-state index is -0.768. The quantitative estimate of drug-likeness (QED) is 0.260. The zero-order valence-electron chi connectivity index (χ0n) is 22.0. The summed E-state index contributed by atoms with van der Waals surface area (Å²) in [5, 5.41) is 20.7. The third kappa shape index (κ3) is 6.28. The largest absolute Gasteiger partial charge is 0.495 e. The normalized spacial score (nSPS) is 14.8. The van der Waals surface area contributed by atoms with Gasteiger partial charge in [-0.15, -0.1) is 0 Å². The second-order valence-electron chi connectivity index (χ2n) is 8.88. The molecular weight excluding hydrogens is 567 g/mol. The Morgan fingerprint density at radius 2 is 1.65 bits per heavy atom. The molecule has 0 bridgehead atoms. The Labute approximate surface area is 247 Å². The molecule has 0 saturated carbocycles. The van der Waals surface area contributed by atoms with Gasteiger partial charge in [-0.25, -0.2) is 0 Å². The lowest BCUT2D eigenvalue weighted by molar-refractivity contribution is -0.114. The third-order valence-corrected chi connectivity index (χ3v) is 8.12. The Morgan fingerprint density at radius 3 is 2.38 bits per heavy atom. The number of carbonyl (C=O) groups excluding carboxylic acids is 2. The van der Waals surface area contributed by atoms with E-state index in [-0.39, 0.29) is 17.2 Å². The number of methoxy groups -OCH3 is 1. The van der Waals surface area contributed by atoms with Crippen LogP contribution in [0.15, 0.2) is 88.6 Å². The van der Waals surface area contributed by atoms with E-state index >= 15 is 0 Å². The van der Waals surface area contributed by atoms with E-state index in [1.165, 1.54) is 18.9 Å². The number of para-hydroxylation sites is 2. The first-order valence-corrected chi connectivity index (χ1v) is 14.0. The molecule has 1 heterocycles. The van der Waals surface area contributed by atoms with Gasteiger partial charge in [-0.1, -0.05) is 71.4 Å². The number of anilines is 2. The van der Waals surface area contributed by atoms with Crippen LogP contribution in [0.3, 0.4) is 0 Å². The maximum Gasteiger partial charge on any atom is 0.254 e. The molecule has 2 amide bonds. The minimum Gasteiger partial charge on any atom is -0.495 e. The van der Waals surface area contributed by atoms with Gasteiger partial charge < -0.3 is 20.7 Å². The molecule has 40 heavy (non-hydrogen) atoms. The van der Waals surface area contributed by atoms with Crippen LogP contribution in [0, 0.1) is 18.3 Å². The molecule has 3 aromatic rings. The number of hydrogen-bond acceptors (Lipinski definition) is 6. The Hall–Kier alpha value is -3.90. The highest BCUT2D eigenvalue weighted by Crippen LogP contribution is 2.43. The molecule has 0 aliphatic carbocycles. The molecule has 1 atom stereocenters. The van der Waals surface area contributed by atoms with Crippen LogP contribution in [0.25, 0.3) is 0 Å². The summed E-state index contributed by atoms with van der Waals surface area (Å²) in [4.78, 5) is 26.5. The number of nitriles is 1. The topological polar surface area (TPSA) is 103 Å². The molecule has 0 saturated heterocycles. The van der Waals surface area contributed by atoms with Crippen molar-refractivity contribution in [3.8, 4) is 11.8 Å². The number of halogens is 2. The summed E-state index contributed by atoms with van der Waals surface area (Å²) in [5.74, 6) is -0.927. The molecule has 0 spiro atoms. The van der Waals surface area contributed by atoms with E-state index in [1.54, 1.807) is 73.7 Å². The van der Waals surface area contributed by atoms with Gasteiger partial charge in [0.15, 0.2) is 0 Å². The molecule has 204 valence electrons. The fourth-order valence-corrected chi connectivity index (χ4v) is 5.66. The molecule has 3 N–H and O–H groups in total. The van der Waals surface area contributed by atoms with Crippen LogP contribution in [0.1, 0.15) is 24.0 Å². The summed E-state index contributed by atoms with van der Waals surface area (Å²) in [6.07, 6.45) is 0. The number of thioether (sulfide) groups is 1. The lowest BCUT2D eigenvalue weighted by Gasteiger charge is -2.30. The average Bonchev–Trinajstić information content (AvgIpc) is 2.94. The molecule has 1 aliphatic rings.